The van der Waals surface area contributed by atoms with Crippen LogP contribution in [-0.2, 0) is 9.59 Å². The van der Waals surface area contributed by atoms with Gasteiger partial charge in [-0.3, -0.25) is 9.59 Å². The Morgan fingerprint density at radius 3 is 2.35 bits per heavy atom. The van der Waals surface area contributed by atoms with Crippen molar-refractivity contribution in [3.8, 4) is 0 Å². The molecule has 0 spiro atoms. The van der Waals surface area contributed by atoms with Gasteiger partial charge in [-0.1, -0.05) is 13.8 Å². The minimum absolute atomic E-state index is 0.0954. The maximum Gasteiger partial charge on any atom is 0.242 e. The van der Waals surface area contributed by atoms with Gasteiger partial charge >= 0.3 is 0 Å². The number of hydrogen-bond acceptors (Lipinski definition) is 3. The second-order valence-electron chi connectivity index (χ2n) is 4.54. The zero-order valence-electron chi connectivity index (χ0n) is 11.0. The third-order valence-electron chi connectivity index (χ3n) is 2.42. The third kappa shape index (κ3) is 7.74. The van der Waals surface area contributed by atoms with E-state index in [2.05, 4.69) is 10.6 Å². The van der Waals surface area contributed by atoms with Crippen LogP contribution in [0.25, 0.3) is 0 Å². The van der Waals surface area contributed by atoms with Gasteiger partial charge in [0.15, 0.2) is 0 Å². The van der Waals surface area contributed by atoms with E-state index in [1.54, 1.807) is 7.05 Å². The largest absolute Gasteiger partial charge is 0.396 e. The van der Waals surface area contributed by atoms with Crippen LogP contribution in [0.2, 0.25) is 0 Å². The zero-order chi connectivity index (χ0) is 13.3. The summed E-state index contributed by atoms with van der Waals surface area (Å²) in [6.45, 7) is 4.11. The first-order valence-electron chi connectivity index (χ1n) is 6.13. The number of unbranched alkanes of at least 4 members (excludes halogenated alkanes) is 1. The van der Waals surface area contributed by atoms with E-state index in [4.69, 9.17) is 5.11 Å². The maximum absolute atomic E-state index is 11.6. The van der Waals surface area contributed by atoms with Crippen LogP contribution in [0.15, 0.2) is 0 Å². The van der Waals surface area contributed by atoms with E-state index >= 15 is 0 Å². The van der Waals surface area contributed by atoms with Gasteiger partial charge in [-0.15, -0.1) is 0 Å². The van der Waals surface area contributed by atoms with E-state index in [1.165, 1.54) is 0 Å². The first kappa shape index (κ1) is 15.9. The molecule has 0 aliphatic carbocycles. The molecular weight excluding hydrogens is 220 g/mol. The monoisotopic (exact) mass is 244 g/mol. The zero-order valence-corrected chi connectivity index (χ0v) is 11.0. The van der Waals surface area contributed by atoms with Crippen LogP contribution in [0.4, 0.5) is 0 Å². The highest BCUT2D eigenvalue weighted by Gasteiger charge is 2.20. The Hall–Kier alpha value is -1.10. The summed E-state index contributed by atoms with van der Waals surface area (Å²) >= 11 is 0. The van der Waals surface area contributed by atoms with Gasteiger partial charge in [-0.05, 0) is 25.2 Å². The molecule has 0 aliphatic rings. The Morgan fingerprint density at radius 2 is 1.88 bits per heavy atom. The van der Waals surface area contributed by atoms with Gasteiger partial charge in [0.25, 0.3) is 0 Å². The quantitative estimate of drug-likeness (QED) is 0.542. The average Bonchev–Trinajstić information content (AvgIpc) is 2.27. The minimum atomic E-state index is -0.457. The Balaban J connectivity index is 4.13. The van der Waals surface area contributed by atoms with Crippen LogP contribution in [0, 0.1) is 5.92 Å². The third-order valence-corrected chi connectivity index (χ3v) is 2.42. The molecule has 1 unspecified atom stereocenters. The number of rotatable bonds is 8. The van der Waals surface area contributed by atoms with Gasteiger partial charge in [0.05, 0.1) is 0 Å². The smallest absolute Gasteiger partial charge is 0.242 e. The molecule has 0 bridgehead atoms. The first-order chi connectivity index (χ1) is 8.01. The number of likely N-dealkylation sites (N-methyl/N-ethyl adjacent to an activating group) is 1. The highest BCUT2D eigenvalue weighted by molar-refractivity contribution is 5.87. The molecule has 100 valence electrons. The van der Waals surface area contributed by atoms with Crippen LogP contribution < -0.4 is 10.6 Å². The molecule has 5 nitrogen and oxygen atoms in total. The molecule has 0 fully saturated rings. The normalized spacial score (nSPS) is 12.3. The molecule has 0 saturated carbocycles. The molecule has 3 N–H and O–H groups in total. The summed E-state index contributed by atoms with van der Waals surface area (Å²) in [7, 11) is 1.56. The second-order valence-corrected chi connectivity index (χ2v) is 4.54. The Kier molecular flexibility index (Phi) is 8.40. The number of aliphatic hydroxyl groups excluding tert-OH is 1. The van der Waals surface area contributed by atoms with Crippen molar-refractivity contribution in [3.05, 3.63) is 0 Å². The maximum atomic E-state index is 11.6. The topological polar surface area (TPSA) is 78.4 Å². The van der Waals surface area contributed by atoms with Crippen molar-refractivity contribution >= 4 is 11.8 Å². The lowest BCUT2D eigenvalue weighted by Crippen LogP contribution is -2.46. The summed E-state index contributed by atoms with van der Waals surface area (Å²) in [5.74, 6) is 0.0527. The highest BCUT2D eigenvalue weighted by atomic mass is 16.3. The van der Waals surface area contributed by atoms with Gasteiger partial charge in [0.2, 0.25) is 11.8 Å². The molecule has 0 aliphatic heterocycles. The number of hydrogen-bond donors (Lipinski definition) is 3. The standard InChI is InChI=1S/C12H24N2O3/c1-9(2)8-10(12(17)13-3)14-11(16)6-4-5-7-15/h9-10,15H,4-8H2,1-3H3,(H,13,17)(H,14,16). The molecule has 5 heteroatoms. The van der Waals surface area contributed by atoms with Crippen LogP contribution in [-0.4, -0.2) is 36.6 Å². The summed E-state index contributed by atoms with van der Waals surface area (Å²) in [4.78, 5) is 23.1. The lowest BCUT2D eigenvalue weighted by molar-refractivity contribution is -0.129. The van der Waals surface area contributed by atoms with E-state index in [0.717, 1.165) is 0 Å². The first-order valence-corrected chi connectivity index (χ1v) is 6.13. The second kappa shape index (κ2) is 8.98. The number of aliphatic hydroxyl groups is 1. The van der Waals surface area contributed by atoms with Crippen LogP contribution in [0.5, 0.6) is 0 Å². The molecule has 1 atom stereocenters. The molecule has 0 aromatic heterocycles. The summed E-state index contributed by atoms with van der Waals surface area (Å²) in [6.07, 6.45) is 2.24. The molecule has 0 aromatic rings. The molecular formula is C12H24N2O3. The van der Waals surface area contributed by atoms with Crippen molar-refractivity contribution in [2.24, 2.45) is 5.92 Å². The summed E-state index contributed by atoms with van der Waals surface area (Å²) in [5, 5.41) is 13.9. The molecule has 0 radical (unpaired) electrons. The van der Waals surface area contributed by atoms with Crippen LogP contribution in [0.3, 0.4) is 0 Å². The van der Waals surface area contributed by atoms with E-state index in [1.807, 2.05) is 13.8 Å². The summed E-state index contributed by atoms with van der Waals surface area (Å²) < 4.78 is 0. The fourth-order valence-corrected chi connectivity index (χ4v) is 1.54. The Bertz CT molecular complexity index is 242. The lowest BCUT2D eigenvalue weighted by Gasteiger charge is -2.19. The van der Waals surface area contributed by atoms with Crippen LogP contribution >= 0.6 is 0 Å². The fourth-order valence-electron chi connectivity index (χ4n) is 1.54. The predicted octanol–water partition coefficient (Wildman–Crippen LogP) is 0.426. The van der Waals surface area contributed by atoms with E-state index < -0.39 is 6.04 Å². The van der Waals surface area contributed by atoms with E-state index in [-0.39, 0.29) is 18.4 Å². The van der Waals surface area contributed by atoms with Crippen molar-refractivity contribution in [2.45, 2.75) is 45.6 Å². The molecule has 0 aromatic carbocycles. The number of amides is 2. The van der Waals surface area contributed by atoms with Gasteiger partial charge in [-0.2, -0.15) is 0 Å². The Morgan fingerprint density at radius 1 is 1.24 bits per heavy atom. The highest BCUT2D eigenvalue weighted by Crippen LogP contribution is 2.05. The van der Waals surface area contributed by atoms with Gasteiger partial charge in [-0.25, -0.2) is 0 Å². The van der Waals surface area contributed by atoms with Crippen molar-refractivity contribution in [1.82, 2.24) is 10.6 Å². The van der Waals surface area contributed by atoms with E-state index in [9.17, 15) is 9.59 Å². The van der Waals surface area contributed by atoms with Crippen molar-refractivity contribution in [2.75, 3.05) is 13.7 Å². The fraction of sp³-hybridized carbons (Fsp3) is 0.833. The summed E-state index contributed by atoms with van der Waals surface area (Å²) in [6, 6.07) is -0.457. The van der Waals surface area contributed by atoms with Crippen molar-refractivity contribution in [3.63, 3.8) is 0 Å². The van der Waals surface area contributed by atoms with Gasteiger partial charge in [0.1, 0.15) is 6.04 Å². The molecule has 0 rings (SSSR count). The Labute approximate surface area is 103 Å². The molecule has 17 heavy (non-hydrogen) atoms. The lowest BCUT2D eigenvalue weighted by atomic mass is 10.0. The molecule has 2 amide bonds. The SMILES string of the molecule is CNC(=O)C(CC(C)C)NC(=O)CCCCO. The molecule has 0 heterocycles. The van der Waals surface area contributed by atoms with Gasteiger partial charge in [0, 0.05) is 20.1 Å². The predicted molar refractivity (Wildman–Crippen MR) is 66.4 cm³/mol. The number of carbonyl (C=O) groups excluding carboxylic acids is 2. The average molecular weight is 244 g/mol. The number of carbonyl (C=O) groups is 2. The van der Waals surface area contributed by atoms with Crippen LogP contribution in [0.1, 0.15) is 39.5 Å². The van der Waals surface area contributed by atoms with Crippen molar-refractivity contribution in [1.29, 1.82) is 0 Å². The minimum Gasteiger partial charge on any atom is -0.396 e. The number of nitrogens with one attached hydrogen (secondary N) is 2. The van der Waals surface area contributed by atoms with Crippen molar-refractivity contribution < 1.29 is 14.7 Å². The summed E-state index contributed by atoms with van der Waals surface area (Å²) in [5.41, 5.74) is 0. The van der Waals surface area contributed by atoms with E-state index in [0.29, 0.717) is 31.6 Å². The van der Waals surface area contributed by atoms with Gasteiger partial charge < -0.3 is 15.7 Å². The molecule has 0 saturated heterocycles.